The number of hydrogen-bond donors (Lipinski definition) is 0. The van der Waals surface area contributed by atoms with Crippen molar-refractivity contribution in [1.29, 1.82) is 0 Å². The molecule has 1 aliphatic heterocycles. The van der Waals surface area contributed by atoms with Crippen molar-refractivity contribution in [3.8, 4) is 0 Å². The zero-order valence-electron chi connectivity index (χ0n) is 10.8. The number of carbonyl (C=O) groups excluding carboxylic acids is 2. The van der Waals surface area contributed by atoms with E-state index >= 15 is 0 Å². The fourth-order valence-corrected chi connectivity index (χ4v) is 1.68. The third-order valence-electron chi connectivity index (χ3n) is 2.37. The van der Waals surface area contributed by atoms with Gasteiger partial charge in [0, 0.05) is 6.42 Å². The highest BCUT2D eigenvalue weighted by molar-refractivity contribution is 5.82. The third-order valence-corrected chi connectivity index (χ3v) is 2.37. The minimum atomic E-state index is -3.10. The van der Waals surface area contributed by atoms with Crippen molar-refractivity contribution in [2.24, 2.45) is 0 Å². The smallest absolute Gasteiger partial charge is 0.411 e. The summed E-state index contributed by atoms with van der Waals surface area (Å²) in [6.45, 7) is 4.02. The van der Waals surface area contributed by atoms with E-state index in [9.17, 15) is 18.4 Å². The van der Waals surface area contributed by atoms with Gasteiger partial charge in [0.1, 0.15) is 11.6 Å². The highest BCUT2D eigenvalue weighted by Gasteiger charge is 2.51. The molecule has 1 atom stereocenters. The van der Waals surface area contributed by atoms with Crippen LogP contribution in [0.3, 0.4) is 0 Å². The quantitative estimate of drug-likeness (QED) is 0.678. The van der Waals surface area contributed by atoms with Crippen LogP contribution in [0.25, 0.3) is 0 Å². The lowest BCUT2D eigenvalue weighted by molar-refractivity contribution is -0.146. The molecule has 5 nitrogen and oxygen atoms in total. The summed E-state index contributed by atoms with van der Waals surface area (Å²) in [4.78, 5) is 23.8. The van der Waals surface area contributed by atoms with Gasteiger partial charge >= 0.3 is 12.1 Å². The second-order valence-electron chi connectivity index (χ2n) is 5.21. The monoisotopic (exact) mass is 265 g/mol. The zero-order valence-corrected chi connectivity index (χ0v) is 10.8. The Labute approximate surface area is 104 Å². The molecular formula is C11H17F2NO4. The summed E-state index contributed by atoms with van der Waals surface area (Å²) in [6, 6.07) is -1.29. The van der Waals surface area contributed by atoms with Gasteiger partial charge in [-0.25, -0.2) is 18.4 Å². The molecular weight excluding hydrogens is 248 g/mol. The van der Waals surface area contributed by atoms with Crippen LogP contribution in [-0.2, 0) is 14.3 Å². The molecule has 0 radical (unpaired) electrons. The van der Waals surface area contributed by atoms with Crippen LogP contribution in [0.1, 0.15) is 27.2 Å². The Morgan fingerprint density at radius 1 is 1.33 bits per heavy atom. The standard InChI is InChI=1S/C11H17F2NO4/c1-10(2,3)18-9(16)14-6-11(12,13)5-7(14)8(15)17-4/h7H,5-6H2,1-4H3/t7-/m1/s1. The number of halogens is 2. The Bertz CT molecular complexity index is 351. The summed E-state index contributed by atoms with van der Waals surface area (Å²) >= 11 is 0. The summed E-state index contributed by atoms with van der Waals surface area (Å²) in [6.07, 6.45) is -1.67. The Hall–Kier alpha value is -1.40. The molecule has 0 aliphatic carbocycles. The normalized spacial score (nSPS) is 22.8. The molecule has 0 unspecified atom stereocenters. The number of nitrogens with zero attached hydrogens (tertiary/aromatic N) is 1. The molecule has 0 bridgehead atoms. The summed E-state index contributed by atoms with van der Waals surface area (Å²) in [7, 11) is 1.09. The van der Waals surface area contributed by atoms with Gasteiger partial charge in [0.2, 0.25) is 0 Å². The van der Waals surface area contributed by atoms with E-state index in [0.29, 0.717) is 0 Å². The van der Waals surface area contributed by atoms with Crippen LogP contribution in [0.15, 0.2) is 0 Å². The summed E-state index contributed by atoms with van der Waals surface area (Å²) < 4.78 is 36.0. The van der Waals surface area contributed by atoms with Gasteiger partial charge in [-0.1, -0.05) is 0 Å². The molecule has 0 saturated carbocycles. The number of amides is 1. The molecule has 1 aliphatic rings. The van der Waals surface area contributed by atoms with Crippen molar-refractivity contribution in [3.63, 3.8) is 0 Å². The average Bonchev–Trinajstić information content (AvgIpc) is 2.51. The Morgan fingerprint density at radius 3 is 2.33 bits per heavy atom. The summed E-state index contributed by atoms with van der Waals surface area (Å²) in [5.74, 6) is -3.96. The second-order valence-corrected chi connectivity index (χ2v) is 5.21. The highest BCUT2D eigenvalue weighted by Crippen LogP contribution is 2.33. The number of ether oxygens (including phenoxy) is 2. The number of rotatable bonds is 1. The van der Waals surface area contributed by atoms with Crippen LogP contribution in [0.5, 0.6) is 0 Å². The number of hydrogen-bond acceptors (Lipinski definition) is 4. The molecule has 104 valence electrons. The van der Waals surface area contributed by atoms with Crippen LogP contribution in [0.4, 0.5) is 13.6 Å². The minimum absolute atomic E-state index is 0.719. The maximum atomic E-state index is 13.3. The molecule has 1 fully saturated rings. The number of alkyl halides is 2. The maximum absolute atomic E-state index is 13.3. The largest absolute Gasteiger partial charge is 0.467 e. The predicted molar refractivity (Wildman–Crippen MR) is 58.3 cm³/mol. The van der Waals surface area contributed by atoms with E-state index in [1.807, 2.05) is 0 Å². The minimum Gasteiger partial charge on any atom is -0.467 e. The Balaban J connectivity index is 2.84. The first kappa shape index (κ1) is 14.7. The zero-order chi connectivity index (χ0) is 14.1. The van der Waals surface area contributed by atoms with Gasteiger partial charge < -0.3 is 9.47 Å². The van der Waals surface area contributed by atoms with Gasteiger partial charge in [-0.15, -0.1) is 0 Å². The maximum Gasteiger partial charge on any atom is 0.411 e. The Kier molecular flexibility index (Phi) is 3.83. The third kappa shape index (κ3) is 3.54. The number of likely N-dealkylation sites (tertiary alicyclic amines) is 1. The van der Waals surface area contributed by atoms with Gasteiger partial charge in [-0.05, 0) is 20.8 Å². The van der Waals surface area contributed by atoms with Crippen LogP contribution in [0, 0.1) is 0 Å². The van der Waals surface area contributed by atoms with Crippen molar-refractivity contribution in [2.75, 3.05) is 13.7 Å². The fraction of sp³-hybridized carbons (Fsp3) is 0.818. The first-order valence-electron chi connectivity index (χ1n) is 5.51. The van der Waals surface area contributed by atoms with E-state index in [4.69, 9.17) is 4.74 Å². The van der Waals surface area contributed by atoms with Gasteiger partial charge in [-0.3, -0.25) is 4.90 Å². The number of esters is 1. The van der Waals surface area contributed by atoms with E-state index in [-0.39, 0.29) is 0 Å². The van der Waals surface area contributed by atoms with E-state index in [2.05, 4.69) is 4.74 Å². The first-order valence-corrected chi connectivity index (χ1v) is 5.51. The molecule has 0 aromatic rings. The van der Waals surface area contributed by atoms with E-state index in [0.717, 1.165) is 12.0 Å². The van der Waals surface area contributed by atoms with Crippen molar-refractivity contribution >= 4 is 12.1 Å². The average molecular weight is 265 g/mol. The van der Waals surface area contributed by atoms with Crippen LogP contribution < -0.4 is 0 Å². The van der Waals surface area contributed by atoms with Crippen molar-refractivity contribution in [3.05, 3.63) is 0 Å². The van der Waals surface area contributed by atoms with Crippen molar-refractivity contribution in [1.82, 2.24) is 4.90 Å². The lowest BCUT2D eigenvalue weighted by Crippen LogP contribution is -2.44. The molecule has 1 saturated heterocycles. The molecule has 7 heteroatoms. The van der Waals surface area contributed by atoms with E-state index in [1.165, 1.54) is 0 Å². The molecule has 0 N–H and O–H groups in total. The number of carbonyl (C=O) groups is 2. The van der Waals surface area contributed by atoms with E-state index < -0.39 is 42.6 Å². The number of methoxy groups -OCH3 is 1. The van der Waals surface area contributed by atoms with Crippen molar-refractivity contribution < 1.29 is 27.8 Å². The Morgan fingerprint density at radius 2 is 1.89 bits per heavy atom. The van der Waals surface area contributed by atoms with Crippen LogP contribution in [0.2, 0.25) is 0 Å². The van der Waals surface area contributed by atoms with Gasteiger partial charge in [-0.2, -0.15) is 0 Å². The SMILES string of the molecule is COC(=O)[C@H]1CC(F)(F)CN1C(=O)OC(C)(C)C. The molecule has 0 aromatic heterocycles. The van der Waals surface area contributed by atoms with E-state index in [1.54, 1.807) is 20.8 Å². The first-order chi connectivity index (χ1) is 8.06. The molecule has 1 rings (SSSR count). The second kappa shape index (κ2) is 4.70. The summed E-state index contributed by atoms with van der Waals surface area (Å²) in [5.41, 5.74) is -0.810. The fourth-order valence-electron chi connectivity index (χ4n) is 1.68. The molecule has 1 amide bonds. The van der Waals surface area contributed by atoms with Crippen LogP contribution >= 0.6 is 0 Å². The molecule has 1 heterocycles. The lowest BCUT2D eigenvalue weighted by atomic mass is 10.2. The lowest BCUT2D eigenvalue weighted by Gasteiger charge is -2.26. The summed E-state index contributed by atoms with van der Waals surface area (Å²) in [5, 5.41) is 0. The van der Waals surface area contributed by atoms with Gasteiger partial charge in [0.25, 0.3) is 5.92 Å². The molecule has 0 spiro atoms. The van der Waals surface area contributed by atoms with Gasteiger partial charge in [0.05, 0.1) is 13.7 Å². The van der Waals surface area contributed by atoms with Crippen LogP contribution in [-0.4, -0.2) is 48.2 Å². The van der Waals surface area contributed by atoms with Crippen molar-refractivity contribution in [2.45, 2.75) is 44.8 Å². The topological polar surface area (TPSA) is 55.8 Å². The molecule has 0 aromatic carbocycles. The highest BCUT2D eigenvalue weighted by atomic mass is 19.3. The van der Waals surface area contributed by atoms with Gasteiger partial charge in [0.15, 0.2) is 0 Å². The molecule has 18 heavy (non-hydrogen) atoms. The predicted octanol–water partition coefficient (Wildman–Crippen LogP) is 1.80.